The number of carbonyl (C=O) groups is 3. The molecule has 1 fully saturated rings. The van der Waals surface area contributed by atoms with E-state index >= 15 is 0 Å². The first-order chi connectivity index (χ1) is 19.0. The summed E-state index contributed by atoms with van der Waals surface area (Å²) in [6, 6.07) is 12.1. The van der Waals surface area contributed by atoms with Crippen molar-refractivity contribution in [2.75, 3.05) is 18.4 Å². The van der Waals surface area contributed by atoms with E-state index < -0.39 is 17.8 Å². The topological polar surface area (TPSA) is 78.5 Å². The minimum atomic E-state index is -0.550. The van der Waals surface area contributed by atoms with Crippen molar-refractivity contribution < 1.29 is 18.8 Å². The van der Waals surface area contributed by atoms with Crippen LogP contribution < -0.4 is 10.6 Å². The number of allylic oxidation sites excluding steroid dienone is 1. The van der Waals surface area contributed by atoms with Crippen molar-refractivity contribution in [3.05, 3.63) is 88.8 Å². The van der Waals surface area contributed by atoms with Crippen molar-refractivity contribution in [2.45, 2.75) is 65.3 Å². The number of likely N-dealkylation sites (tertiary alicyclic amines) is 1. The number of nitrogens with one attached hydrogen (secondary N) is 2. The lowest BCUT2D eigenvalue weighted by molar-refractivity contribution is -0.123. The molecule has 2 aromatic carbocycles. The van der Waals surface area contributed by atoms with E-state index in [-0.39, 0.29) is 34.6 Å². The van der Waals surface area contributed by atoms with Crippen LogP contribution in [0.5, 0.6) is 0 Å². The third kappa shape index (κ3) is 6.69. The second kappa shape index (κ2) is 12.2. The highest BCUT2D eigenvalue weighted by atomic mass is 19.1. The summed E-state index contributed by atoms with van der Waals surface area (Å²) in [5.74, 6) is -1.77. The zero-order valence-electron chi connectivity index (χ0n) is 24.1. The molecule has 0 saturated carbocycles. The van der Waals surface area contributed by atoms with Gasteiger partial charge in [0.25, 0.3) is 5.91 Å². The highest BCUT2D eigenvalue weighted by Gasteiger charge is 2.43. The number of benzene rings is 2. The lowest BCUT2D eigenvalue weighted by atomic mass is 9.77. The van der Waals surface area contributed by atoms with Crippen molar-refractivity contribution in [3.63, 3.8) is 0 Å². The monoisotopic (exact) mass is 545 g/mol. The summed E-state index contributed by atoms with van der Waals surface area (Å²) in [5.41, 5.74) is 3.39. The van der Waals surface area contributed by atoms with Gasteiger partial charge in [0.1, 0.15) is 5.82 Å². The van der Waals surface area contributed by atoms with Gasteiger partial charge in [-0.2, -0.15) is 0 Å². The predicted octanol–water partition coefficient (Wildman–Crippen LogP) is 5.93. The van der Waals surface area contributed by atoms with Gasteiger partial charge in [-0.1, -0.05) is 63.3 Å². The van der Waals surface area contributed by atoms with E-state index in [2.05, 4.69) is 31.4 Å². The van der Waals surface area contributed by atoms with Gasteiger partial charge >= 0.3 is 0 Å². The van der Waals surface area contributed by atoms with Crippen molar-refractivity contribution in [2.24, 2.45) is 11.8 Å². The minimum absolute atomic E-state index is 0.0631. The van der Waals surface area contributed by atoms with E-state index in [1.807, 2.05) is 42.5 Å². The van der Waals surface area contributed by atoms with Gasteiger partial charge in [-0.25, -0.2) is 4.39 Å². The fourth-order valence-electron chi connectivity index (χ4n) is 5.71. The Hall–Kier alpha value is -3.74. The molecule has 1 aliphatic carbocycles. The molecule has 2 unspecified atom stereocenters. The van der Waals surface area contributed by atoms with Crippen molar-refractivity contribution >= 4 is 23.4 Å². The lowest BCUT2D eigenvalue weighted by Crippen LogP contribution is -2.55. The molecule has 4 rings (SSSR count). The van der Waals surface area contributed by atoms with Crippen molar-refractivity contribution in [1.29, 1.82) is 0 Å². The summed E-state index contributed by atoms with van der Waals surface area (Å²) in [6.45, 7) is 10.5. The van der Waals surface area contributed by atoms with E-state index in [1.165, 1.54) is 13.0 Å². The Bertz CT molecular complexity index is 1320. The highest BCUT2D eigenvalue weighted by molar-refractivity contribution is 5.98. The predicted molar refractivity (Wildman–Crippen MR) is 156 cm³/mol. The first kappa shape index (κ1) is 29.2. The van der Waals surface area contributed by atoms with Gasteiger partial charge in [-0.05, 0) is 66.5 Å². The molecule has 1 saturated heterocycles. The smallest absolute Gasteiger partial charge is 0.257 e. The molecule has 6 nitrogen and oxygen atoms in total. The highest BCUT2D eigenvalue weighted by Crippen LogP contribution is 2.36. The maximum Gasteiger partial charge on any atom is 0.257 e. The largest absolute Gasteiger partial charge is 0.352 e. The molecule has 212 valence electrons. The fraction of sp³-hybridized carbons (Fsp3) is 0.424. The van der Waals surface area contributed by atoms with Gasteiger partial charge in [-0.3, -0.25) is 14.4 Å². The molecule has 3 atom stereocenters. The van der Waals surface area contributed by atoms with Crippen LogP contribution in [0.15, 0.2) is 66.3 Å². The Labute approximate surface area is 236 Å². The fourth-order valence-corrected chi connectivity index (χ4v) is 5.71. The summed E-state index contributed by atoms with van der Waals surface area (Å²) in [5, 5.41) is 5.93. The van der Waals surface area contributed by atoms with Crippen LogP contribution in [0.2, 0.25) is 0 Å². The molecule has 2 aromatic rings. The van der Waals surface area contributed by atoms with Crippen LogP contribution in [0.3, 0.4) is 0 Å². The summed E-state index contributed by atoms with van der Waals surface area (Å²) >= 11 is 0. The third-order valence-electron chi connectivity index (χ3n) is 7.91. The van der Waals surface area contributed by atoms with Crippen LogP contribution in [0.25, 0.3) is 0 Å². The maximum absolute atomic E-state index is 14.9. The van der Waals surface area contributed by atoms with E-state index in [0.717, 1.165) is 16.8 Å². The number of hydrogen-bond donors (Lipinski definition) is 2. The average Bonchev–Trinajstić information content (AvgIpc) is 2.91. The first-order valence-corrected chi connectivity index (χ1v) is 14.0. The molecule has 2 N–H and O–H groups in total. The van der Waals surface area contributed by atoms with Gasteiger partial charge < -0.3 is 15.5 Å². The van der Waals surface area contributed by atoms with Gasteiger partial charge in [0.15, 0.2) is 0 Å². The molecular weight excluding hydrogens is 505 g/mol. The maximum atomic E-state index is 14.9. The molecule has 3 amide bonds. The number of carbonyl (C=O) groups excluding carboxylic acids is 3. The first-order valence-electron chi connectivity index (χ1n) is 14.0. The van der Waals surface area contributed by atoms with Gasteiger partial charge in [-0.15, -0.1) is 0 Å². The van der Waals surface area contributed by atoms with E-state index in [9.17, 15) is 18.8 Å². The molecule has 2 aliphatic rings. The van der Waals surface area contributed by atoms with E-state index in [1.54, 1.807) is 24.0 Å². The van der Waals surface area contributed by atoms with Crippen LogP contribution in [-0.4, -0.2) is 41.8 Å². The van der Waals surface area contributed by atoms with Crippen LogP contribution in [-0.2, 0) is 15.0 Å². The van der Waals surface area contributed by atoms with Gasteiger partial charge in [0.2, 0.25) is 11.8 Å². The van der Waals surface area contributed by atoms with Crippen molar-refractivity contribution in [1.82, 2.24) is 10.2 Å². The zero-order chi connectivity index (χ0) is 29.0. The Morgan fingerprint density at radius 3 is 2.50 bits per heavy atom. The lowest BCUT2D eigenvalue weighted by Gasteiger charge is -2.44. The van der Waals surface area contributed by atoms with Crippen LogP contribution in [0, 0.1) is 24.6 Å². The summed E-state index contributed by atoms with van der Waals surface area (Å²) in [6.07, 6.45) is 7.92. The summed E-state index contributed by atoms with van der Waals surface area (Å²) < 4.78 is 14.9. The van der Waals surface area contributed by atoms with Crippen molar-refractivity contribution in [3.8, 4) is 0 Å². The second-order valence-electron chi connectivity index (χ2n) is 11.9. The summed E-state index contributed by atoms with van der Waals surface area (Å²) in [4.78, 5) is 40.8. The number of aryl methyl sites for hydroxylation is 1. The number of amides is 3. The van der Waals surface area contributed by atoms with E-state index in [4.69, 9.17) is 0 Å². The SMILES string of the molecule is CC(=O)NCC1=CCC([C@H]2C(C(=O)Nc3cccc(C(C)(C)C)c3)CCCN2C(=O)c2c(C)cccc2F)C=C1. The molecule has 1 aliphatic heterocycles. The zero-order valence-corrected chi connectivity index (χ0v) is 24.1. The molecular formula is C33H40FN3O3. The number of anilines is 1. The van der Waals surface area contributed by atoms with E-state index in [0.29, 0.717) is 37.9 Å². The van der Waals surface area contributed by atoms with Gasteiger partial charge in [0, 0.05) is 31.6 Å². The Kier molecular flexibility index (Phi) is 8.92. The Morgan fingerprint density at radius 1 is 1.10 bits per heavy atom. The Morgan fingerprint density at radius 2 is 1.85 bits per heavy atom. The van der Waals surface area contributed by atoms with Gasteiger partial charge in [0.05, 0.1) is 17.5 Å². The third-order valence-corrected chi connectivity index (χ3v) is 7.91. The molecule has 1 heterocycles. The standard InChI is InChI=1S/C33H40FN3O3/c1-21-9-6-13-28(34)29(21)32(40)37-18-8-12-27(30(37)24-16-14-23(15-17-24)20-35-22(2)38)31(39)36-26-11-7-10-25(19-26)33(3,4)5/h6-7,9-11,13-16,19,24,27,30H,8,12,17-18,20H2,1-5H3,(H,35,38)(H,36,39)/t24?,27?,30-/m0/s1. The number of hydrogen-bond acceptors (Lipinski definition) is 3. The Balaban J connectivity index is 1.65. The normalized spacial score (nSPS) is 21.0. The molecule has 0 bridgehead atoms. The number of halogens is 1. The quantitative estimate of drug-likeness (QED) is 0.472. The number of piperidine rings is 1. The molecule has 0 aromatic heterocycles. The minimum Gasteiger partial charge on any atom is -0.352 e. The molecule has 40 heavy (non-hydrogen) atoms. The van der Waals surface area contributed by atoms with Crippen LogP contribution in [0.4, 0.5) is 10.1 Å². The van der Waals surface area contributed by atoms with Crippen LogP contribution in [0.1, 0.15) is 68.4 Å². The number of rotatable bonds is 6. The molecule has 0 spiro atoms. The molecule has 7 heteroatoms. The second-order valence-corrected chi connectivity index (χ2v) is 11.9. The number of nitrogens with zero attached hydrogens (tertiary/aromatic N) is 1. The summed E-state index contributed by atoms with van der Waals surface area (Å²) in [7, 11) is 0. The molecule has 0 radical (unpaired) electrons. The van der Waals surface area contributed by atoms with Crippen LogP contribution >= 0.6 is 0 Å². The average molecular weight is 546 g/mol.